The smallest absolute Gasteiger partial charge is 0.274 e. The van der Waals surface area contributed by atoms with Crippen molar-refractivity contribution in [1.29, 1.82) is 0 Å². The molecule has 2 aromatic rings. The van der Waals surface area contributed by atoms with Crippen LogP contribution in [0.1, 0.15) is 17.1 Å². The number of carbonyl (C=O) groups excluding carboxylic acids is 1. The van der Waals surface area contributed by atoms with Crippen LogP contribution < -0.4 is 5.32 Å². The molecule has 1 amide bonds. The number of rotatable bonds is 4. The highest BCUT2D eigenvalue weighted by Crippen LogP contribution is 2.22. The fraction of sp³-hybridized carbons (Fsp3) is 0.133. The molecule has 0 spiro atoms. The van der Waals surface area contributed by atoms with Gasteiger partial charge >= 0.3 is 0 Å². The molecular weight excluding hydrogens is 272 g/mol. The third-order valence-corrected chi connectivity index (χ3v) is 2.83. The lowest BCUT2D eigenvalue weighted by molar-refractivity contribution is -0.385. The minimum Gasteiger partial charge on any atom is -0.462 e. The number of nitrogens with zero attached hydrogens (tertiary/aromatic N) is 1. The summed E-state index contributed by atoms with van der Waals surface area (Å²) in [4.78, 5) is 22.1. The molecule has 0 aliphatic heterocycles. The number of carbonyl (C=O) groups is 1. The highest BCUT2D eigenvalue weighted by atomic mass is 16.6. The molecule has 0 atom stereocenters. The standard InChI is InChI=1S/C15H14N2O4/c1-10-3-5-12(9-14(10)17(19)20)16-15(18)8-7-13-6-4-11(2)21-13/h3-9H,1-2H3,(H,16,18). The molecule has 2 rings (SSSR count). The van der Waals surface area contributed by atoms with E-state index in [0.29, 0.717) is 17.0 Å². The molecule has 0 saturated carbocycles. The Balaban J connectivity index is 2.07. The summed E-state index contributed by atoms with van der Waals surface area (Å²) in [7, 11) is 0. The van der Waals surface area contributed by atoms with Crippen molar-refractivity contribution < 1.29 is 14.1 Å². The number of furan rings is 1. The number of nitrogens with one attached hydrogen (secondary N) is 1. The van der Waals surface area contributed by atoms with Crippen molar-refractivity contribution in [1.82, 2.24) is 0 Å². The van der Waals surface area contributed by atoms with Crippen molar-refractivity contribution in [2.45, 2.75) is 13.8 Å². The number of aryl methyl sites for hydroxylation is 2. The van der Waals surface area contributed by atoms with Crippen LogP contribution in [0, 0.1) is 24.0 Å². The van der Waals surface area contributed by atoms with Gasteiger partial charge in [-0.1, -0.05) is 6.07 Å². The van der Waals surface area contributed by atoms with Crippen LogP contribution in [0.5, 0.6) is 0 Å². The molecule has 1 aromatic heterocycles. The maximum Gasteiger partial charge on any atom is 0.274 e. The molecule has 0 fully saturated rings. The molecule has 1 aromatic carbocycles. The highest BCUT2D eigenvalue weighted by molar-refractivity contribution is 6.01. The van der Waals surface area contributed by atoms with Gasteiger partial charge in [-0.3, -0.25) is 14.9 Å². The third-order valence-electron chi connectivity index (χ3n) is 2.83. The van der Waals surface area contributed by atoms with Gasteiger partial charge in [-0.2, -0.15) is 0 Å². The Kier molecular flexibility index (Phi) is 4.18. The number of nitro benzene ring substituents is 1. The SMILES string of the molecule is Cc1ccc(C=CC(=O)Nc2ccc(C)c([N+](=O)[O-])c2)o1. The lowest BCUT2D eigenvalue weighted by Crippen LogP contribution is -2.08. The van der Waals surface area contributed by atoms with Gasteiger partial charge in [0.1, 0.15) is 11.5 Å². The van der Waals surface area contributed by atoms with Crippen molar-refractivity contribution in [3.8, 4) is 0 Å². The van der Waals surface area contributed by atoms with Crippen LogP contribution in [0.15, 0.2) is 40.8 Å². The van der Waals surface area contributed by atoms with Crippen molar-refractivity contribution >= 4 is 23.4 Å². The van der Waals surface area contributed by atoms with Gasteiger partial charge in [0, 0.05) is 23.4 Å². The predicted octanol–water partition coefficient (Wildman–Crippen LogP) is 3.46. The Morgan fingerprint density at radius 1 is 1.29 bits per heavy atom. The molecule has 6 nitrogen and oxygen atoms in total. The van der Waals surface area contributed by atoms with Crippen LogP contribution in [0.4, 0.5) is 11.4 Å². The zero-order chi connectivity index (χ0) is 15.4. The maximum atomic E-state index is 11.7. The molecule has 0 aliphatic carbocycles. The van der Waals surface area contributed by atoms with Gasteiger partial charge in [-0.15, -0.1) is 0 Å². The van der Waals surface area contributed by atoms with E-state index in [2.05, 4.69) is 5.32 Å². The number of anilines is 1. The first-order valence-corrected chi connectivity index (χ1v) is 6.26. The van der Waals surface area contributed by atoms with Gasteiger partial charge in [-0.05, 0) is 38.1 Å². The maximum absolute atomic E-state index is 11.7. The average Bonchev–Trinajstić information content (AvgIpc) is 2.84. The summed E-state index contributed by atoms with van der Waals surface area (Å²) in [6, 6.07) is 8.08. The summed E-state index contributed by atoms with van der Waals surface area (Å²) in [5.41, 5.74) is 0.885. The second-order valence-electron chi connectivity index (χ2n) is 4.53. The number of nitro groups is 1. The molecule has 21 heavy (non-hydrogen) atoms. The summed E-state index contributed by atoms with van der Waals surface area (Å²) in [6.07, 6.45) is 2.84. The molecule has 6 heteroatoms. The van der Waals surface area contributed by atoms with Crippen LogP contribution in [0.2, 0.25) is 0 Å². The summed E-state index contributed by atoms with van der Waals surface area (Å²) in [5, 5.41) is 13.4. The third kappa shape index (κ3) is 3.79. The van der Waals surface area contributed by atoms with Gasteiger partial charge in [0.15, 0.2) is 0 Å². The van der Waals surface area contributed by atoms with E-state index >= 15 is 0 Å². The minimum atomic E-state index is -0.480. The van der Waals surface area contributed by atoms with Gasteiger partial charge in [0.05, 0.1) is 4.92 Å². The van der Waals surface area contributed by atoms with E-state index in [1.54, 1.807) is 31.2 Å². The van der Waals surface area contributed by atoms with E-state index in [1.165, 1.54) is 18.2 Å². The normalized spacial score (nSPS) is 10.8. The van der Waals surface area contributed by atoms with E-state index in [0.717, 1.165) is 5.76 Å². The zero-order valence-electron chi connectivity index (χ0n) is 11.6. The van der Waals surface area contributed by atoms with E-state index in [-0.39, 0.29) is 11.6 Å². The summed E-state index contributed by atoms with van der Waals surface area (Å²) >= 11 is 0. The van der Waals surface area contributed by atoms with Crippen LogP contribution in [-0.4, -0.2) is 10.8 Å². The van der Waals surface area contributed by atoms with Crippen LogP contribution in [0.3, 0.4) is 0 Å². The minimum absolute atomic E-state index is 0.0292. The van der Waals surface area contributed by atoms with E-state index in [9.17, 15) is 14.9 Å². The summed E-state index contributed by atoms with van der Waals surface area (Å²) < 4.78 is 5.29. The quantitative estimate of drug-likeness (QED) is 0.530. The van der Waals surface area contributed by atoms with E-state index in [4.69, 9.17) is 4.42 Å². The predicted molar refractivity (Wildman–Crippen MR) is 78.9 cm³/mol. The largest absolute Gasteiger partial charge is 0.462 e. The van der Waals surface area contributed by atoms with Crippen molar-refractivity contribution in [3.63, 3.8) is 0 Å². The average molecular weight is 286 g/mol. The molecular formula is C15H14N2O4. The van der Waals surface area contributed by atoms with E-state index in [1.807, 2.05) is 6.92 Å². The van der Waals surface area contributed by atoms with Gasteiger partial charge in [0.25, 0.3) is 5.69 Å². The van der Waals surface area contributed by atoms with Gasteiger partial charge in [0.2, 0.25) is 5.91 Å². The Bertz CT molecular complexity index is 716. The monoisotopic (exact) mass is 286 g/mol. The fourth-order valence-corrected chi connectivity index (χ4v) is 1.77. The van der Waals surface area contributed by atoms with Crippen molar-refractivity contribution in [2.24, 2.45) is 0 Å². The first kappa shape index (κ1) is 14.5. The first-order valence-electron chi connectivity index (χ1n) is 6.26. The highest BCUT2D eigenvalue weighted by Gasteiger charge is 2.11. The van der Waals surface area contributed by atoms with Crippen molar-refractivity contribution in [3.05, 3.63) is 63.6 Å². The second kappa shape index (κ2) is 6.04. The summed E-state index contributed by atoms with van der Waals surface area (Å²) in [6.45, 7) is 3.45. The van der Waals surface area contributed by atoms with Crippen LogP contribution in [-0.2, 0) is 4.79 Å². The Labute approximate surface area is 121 Å². The molecule has 1 N–H and O–H groups in total. The lowest BCUT2D eigenvalue weighted by atomic mass is 10.2. The number of hydrogen-bond donors (Lipinski definition) is 1. The topological polar surface area (TPSA) is 85.4 Å². The molecule has 0 aliphatic rings. The van der Waals surface area contributed by atoms with Crippen molar-refractivity contribution in [2.75, 3.05) is 5.32 Å². The Morgan fingerprint density at radius 3 is 2.67 bits per heavy atom. The van der Waals surface area contributed by atoms with Gasteiger partial charge in [-0.25, -0.2) is 0 Å². The molecule has 0 unspecified atom stereocenters. The first-order chi connectivity index (χ1) is 9.95. The molecule has 0 radical (unpaired) electrons. The van der Waals surface area contributed by atoms with Crippen LogP contribution >= 0.6 is 0 Å². The van der Waals surface area contributed by atoms with E-state index < -0.39 is 4.92 Å². The van der Waals surface area contributed by atoms with Crippen LogP contribution in [0.25, 0.3) is 6.08 Å². The second-order valence-corrected chi connectivity index (χ2v) is 4.53. The number of hydrogen-bond acceptors (Lipinski definition) is 4. The number of amides is 1. The lowest BCUT2D eigenvalue weighted by Gasteiger charge is -2.03. The molecule has 0 saturated heterocycles. The number of benzene rings is 1. The van der Waals surface area contributed by atoms with Gasteiger partial charge < -0.3 is 9.73 Å². The molecule has 0 bridgehead atoms. The Morgan fingerprint density at radius 2 is 2.05 bits per heavy atom. The molecule has 108 valence electrons. The summed E-state index contributed by atoms with van der Waals surface area (Å²) in [5.74, 6) is 0.934. The fourth-order valence-electron chi connectivity index (χ4n) is 1.77. The Hall–Kier alpha value is -2.89. The molecule has 1 heterocycles. The zero-order valence-corrected chi connectivity index (χ0v) is 11.6.